The number of pyridine rings is 1. The van der Waals surface area contributed by atoms with Gasteiger partial charge in [0.05, 0.1) is 24.9 Å². The van der Waals surface area contributed by atoms with E-state index in [1.807, 2.05) is 30.3 Å². The smallest absolute Gasteiger partial charge is 0.0798 e. The Morgan fingerprint density at radius 2 is 1.58 bits per heavy atom. The van der Waals surface area contributed by atoms with Crippen LogP contribution in [0, 0.1) is 24.3 Å². The zero-order valence-electron chi connectivity index (χ0n) is 29.4. The van der Waals surface area contributed by atoms with Gasteiger partial charge < -0.3 is 9.55 Å². The van der Waals surface area contributed by atoms with E-state index in [-0.39, 0.29) is 20.1 Å². The molecule has 8 rings (SSSR count). The molecule has 0 bridgehead atoms. The molecule has 0 atom stereocenters. The number of thiophene rings is 1. The molecule has 0 saturated carbocycles. The van der Waals surface area contributed by atoms with Crippen LogP contribution >= 0.6 is 11.3 Å². The third-order valence-electron chi connectivity index (χ3n) is 8.84. The van der Waals surface area contributed by atoms with Gasteiger partial charge in [-0.25, -0.2) is 0 Å². The summed E-state index contributed by atoms with van der Waals surface area (Å²) in [6.07, 6.45) is 3.24. The maximum Gasteiger partial charge on any atom is 0.0798 e. The van der Waals surface area contributed by atoms with Crippen LogP contribution in [0.25, 0.3) is 60.2 Å². The fourth-order valence-corrected chi connectivity index (χ4v) is 8.98. The number of aromatic nitrogens is 3. The molecule has 0 fully saturated rings. The number of hydrogen-bond donors (Lipinski definition) is 0. The summed E-state index contributed by atoms with van der Waals surface area (Å²) in [5, 5.41) is 8.77. The molecule has 0 saturated heterocycles. The number of nitrogens with zero attached hydrogens (tertiary/aromatic N) is 3. The molecular weight excluding hydrogens is 823 g/mol. The Hall–Kier alpha value is -4.19. The number of fused-ring (bicyclic) bond motifs is 3. The van der Waals surface area contributed by atoms with E-state index in [4.69, 9.17) is 4.98 Å². The summed E-state index contributed by atoms with van der Waals surface area (Å²) in [6, 6.07) is 43.5. The number of para-hydroxylation sites is 3. The van der Waals surface area contributed by atoms with E-state index in [0.717, 1.165) is 45.8 Å². The van der Waals surface area contributed by atoms with Gasteiger partial charge in [0.1, 0.15) is 0 Å². The van der Waals surface area contributed by atoms with Crippen molar-refractivity contribution in [3.8, 4) is 28.3 Å². The van der Waals surface area contributed by atoms with E-state index < -0.39 is 8.07 Å². The molecule has 0 unspecified atom stereocenters. The summed E-state index contributed by atoms with van der Waals surface area (Å²) in [6.45, 7) is 13.9. The van der Waals surface area contributed by atoms with Crippen LogP contribution in [-0.2, 0) is 26.5 Å². The van der Waals surface area contributed by atoms with Gasteiger partial charge >= 0.3 is 0 Å². The van der Waals surface area contributed by atoms with E-state index in [9.17, 15) is 0 Å². The standard InChI is InChI=1S/C26H17N2S.C18H24NSi.Ir/c1-17-11-12-18-15-25-21(14-19(18)13-17)22(16-29-25)26-27-23-9-5-6-10-24(23)28(26)20-7-3-2-4-8-20;1-14(2)11-16-12-17(15-9-7-6-8-10-15)19-13-18(16)20(3,4)5;/h2-15H,1H3;6-9,12-14H,11H2,1-5H3;/q2*-1;. The summed E-state index contributed by atoms with van der Waals surface area (Å²) in [5.41, 5.74) is 9.15. The molecule has 3 nitrogen and oxygen atoms in total. The topological polar surface area (TPSA) is 30.7 Å². The van der Waals surface area contributed by atoms with Crippen molar-refractivity contribution in [3.63, 3.8) is 0 Å². The van der Waals surface area contributed by atoms with Crippen LogP contribution in [-0.4, -0.2) is 22.6 Å². The maximum absolute atomic E-state index is 5.02. The van der Waals surface area contributed by atoms with Crippen molar-refractivity contribution in [1.82, 2.24) is 14.5 Å². The summed E-state index contributed by atoms with van der Waals surface area (Å²) in [7, 11) is -1.34. The fourth-order valence-electron chi connectivity index (χ4n) is 6.52. The van der Waals surface area contributed by atoms with Crippen LogP contribution in [0.5, 0.6) is 0 Å². The van der Waals surface area contributed by atoms with Crippen LogP contribution in [0.15, 0.2) is 121 Å². The molecule has 8 aromatic rings. The van der Waals surface area contributed by atoms with Crippen LogP contribution in [0.3, 0.4) is 0 Å². The molecule has 5 aromatic carbocycles. The van der Waals surface area contributed by atoms with Crippen molar-refractivity contribution in [2.45, 2.75) is 46.8 Å². The molecule has 0 amide bonds. The van der Waals surface area contributed by atoms with Gasteiger partial charge in [-0.15, -0.1) is 41.3 Å². The average Bonchev–Trinajstić information content (AvgIpc) is 3.68. The number of imidazole rings is 1. The largest absolute Gasteiger partial charge is 0.333 e. The molecule has 0 aliphatic rings. The molecule has 6 heteroatoms. The predicted octanol–water partition coefficient (Wildman–Crippen LogP) is 11.5. The van der Waals surface area contributed by atoms with Crippen LogP contribution in [0.2, 0.25) is 19.6 Å². The van der Waals surface area contributed by atoms with E-state index >= 15 is 0 Å². The Balaban J connectivity index is 0.000000182. The summed E-state index contributed by atoms with van der Waals surface area (Å²) < 4.78 is 3.48. The van der Waals surface area contributed by atoms with Gasteiger partial charge in [0.25, 0.3) is 0 Å². The Morgan fingerprint density at radius 3 is 2.32 bits per heavy atom. The van der Waals surface area contributed by atoms with Gasteiger partial charge in [-0.1, -0.05) is 127 Å². The Bertz CT molecular complexity index is 2390. The van der Waals surface area contributed by atoms with E-state index in [1.165, 1.54) is 37.2 Å². The van der Waals surface area contributed by atoms with Gasteiger partial charge in [0, 0.05) is 32.0 Å². The van der Waals surface area contributed by atoms with Gasteiger partial charge in [-0.05, 0) is 65.2 Å². The first kappa shape index (κ1) is 35.6. The number of aryl methyl sites for hydroxylation is 1. The van der Waals surface area contributed by atoms with Gasteiger partial charge in [0.15, 0.2) is 0 Å². The van der Waals surface area contributed by atoms with Crippen molar-refractivity contribution < 1.29 is 20.1 Å². The zero-order valence-corrected chi connectivity index (χ0v) is 33.6. The van der Waals surface area contributed by atoms with Crippen molar-refractivity contribution in [3.05, 3.63) is 144 Å². The van der Waals surface area contributed by atoms with Gasteiger partial charge in [0.2, 0.25) is 0 Å². The monoisotopic (exact) mass is 864 g/mol. The Kier molecular flexibility index (Phi) is 10.7. The predicted molar refractivity (Wildman–Crippen MR) is 213 cm³/mol. The fraction of sp³-hybridized carbons (Fsp3) is 0.182. The molecule has 0 aliphatic carbocycles. The second kappa shape index (κ2) is 15.0. The van der Waals surface area contributed by atoms with Crippen molar-refractivity contribution in [1.29, 1.82) is 0 Å². The molecule has 0 aliphatic heterocycles. The molecule has 253 valence electrons. The summed E-state index contributed by atoms with van der Waals surface area (Å²) in [5.74, 6) is 1.61. The van der Waals surface area contributed by atoms with Crippen molar-refractivity contribution >= 4 is 56.5 Å². The number of rotatable bonds is 6. The van der Waals surface area contributed by atoms with Crippen LogP contribution in [0.4, 0.5) is 0 Å². The second-order valence-electron chi connectivity index (χ2n) is 14.2. The first-order valence-electron chi connectivity index (χ1n) is 17.0. The minimum absolute atomic E-state index is 0. The zero-order chi connectivity index (χ0) is 34.1. The quantitative estimate of drug-likeness (QED) is 0.123. The van der Waals surface area contributed by atoms with Crippen molar-refractivity contribution in [2.24, 2.45) is 5.92 Å². The summed E-state index contributed by atoms with van der Waals surface area (Å²) >= 11 is 1.66. The number of hydrogen-bond acceptors (Lipinski definition) is 3. The van der Waals surface area contributed by atoms with Gasteiger partial charge in [-0.2, -0.15) is 0 Å². The Labute approximate surface area is 314 Å². The third kappa shape index (κ3) is 7.45. The molecule has 1 radical (unpaired) electrons. The average molecular weight is 864 g/mol. The molecule has 3 heterocycles. The molecule has 3 aromatic heterocycles. The van der Waals surface area contributed by atoms with E-state index in [2.05, 4.69) is 153 Å². The van der Waals surface area contributed by atoms with Gasteiger partial charge in [-0.3, -0.25) is 16.3 Å². The first-order valence-corrected chi connectivity index (χ1v) is 21.3. The molecule has 50 heavy (non-hydrogen) atoms. The Morgan fingerprint density at radius 1 is 0.820 bits per heavy atom. The minimum atomic E-state index is -1.34. The van der Waals surface area contributed by atoms with Crippen LogP contribution in [0.1, 0.15) is 25.0 Å². The maximum atomic E-state index is 5.02. The summed E-state index contributed by atoms with van der Waals surface area (Å²) in [4.78, 5) is 9.70. The molecule has 0 N–H and O–H groups in total. The first-order chi connectivity index (χ1) is 23.7. The number of benzene rings is 5. The third-order valence-corrected chi connectivity index (χ3v) is 11.8. The molecular formula is C44H41IrN3SSi-2. The van der Waals surface area contributed by atoms with Crippen LogP contribution < -0.4 is 5.19 Å². The van der Waals surface area contributed by atoms with E-state index in [0.29, 0.717) is 5.92 Å². The molecule has 0 spiro atoms. The normalized spacial score (nSPS) is 11.5. The van der Waals surface area contributed by atoms with E-state index in [1.54, 1.807) is 11.3 Å². The SMILES string of the molecule is CC(C)Cc1cc(-c2[c-]cccc2)ncc1[Si](C)(C)C.Cc1ccc2cc3s[c-]c(-c4nc5ccccc5n4-c4ccccc4)c3cc2c1.[Ir]. The van der Waals surface area contributed by atoms with Crippen molar-refractivity contribution in [2.75, 3.05) is 0 Å². The minimum Gasteiger partial charge on any atom is -0.333 e. The second-order valence-corrected chi connectivity index (χ2v) is 20.1.